The van der Waals surface area contributed by atoms with Crippen LogP contribution in [-0.2, 0) is 12.3 Å². The van der Waals surface area contributed by atoms with Gasteiger partial charge in [0, 0.05) is 30.3 Å². The lowest BCUT2D eigenvalue weighted by Crippen LogP contribution is -2.26. The van der Waals surface area contributed by atoms with Crippen LogP contribution in [0, 0.1) is 6.92 Å². The van der Waals surface area contributed by atoms with Crippen LogP contribution in [0.25, 0.3) is 0 Å². The predicted molar refractivity (Wildman–Crippen MR) is 79.0 cm³/mol. The van der Waals surface area contributed by atoms with Crippen LogP contribution in [0.4, 0.5) is 0 Å². The fraction of sp³-hybridized carbons (Fsp3) is 0.333. The van der Waals surface area contributed by atoms with Gasteiger partial charge in [-0.2, -0.15) is 11.8 Å². The number of hydrogen-bond donors (Lipinski definition) is 1. The number of thioether (sulfide) groups is 1. The van der Waals surface area contributed by atoms with E-state index in [4.69, 9.17) is 0 Å². The van der Waals surface area contributed by atoms with Crippen molar-refractivity contribution in [2.45, 2.75) is 25.3 Å². The Morgan fingerprint density at radius 3 is 3.11 bits per heavy atom. The average molecular weight is 271 g/mol. The fourth-order valence-corrected chi connectivity index (χ4v) is 3.52. The predicted octanol–water partition coefficient (Wildman–Crippen LogP) is 2.86. The van der Waals surface area contributed by atoms with E-state index in [0.717, 1.165) is 29.6 Å². The van der Waals surface area contributed by atoms with Gasteiger partial charge in [-0.15, -0.1) is 0 Å². The zero-order valence-electron chi connectivity index (χ0n) is 11.0. The van der Waals surface area contributed by atoms with Crippen LogP contribution in [0.1, 0.15) is 28.7 Å². The molecule has 1 N–H and O–H groups in total. The minimum atomic E-state index is 0.422. The van der Waals surface area contributed by atoms with Crippen LogP contribution in [0.5, 0.6) is 0 Å². The van der Waals surface area contributed by atoms with Gasteiger partial charge in [0.2, 0.25) is 0 Å². The molecular formula is C15H17N3S. The normalized spacial score (nSPS) is 18.1. The summed E-state index contributed by atoms with van der Waals surface area (Å²) in [4.78, 5) is 8.56. The fourth-order valence-electron chi connectivity index (χ4n) is 2.38. The van der Waals surface area contributed by atoms with Crippen LogP contribution >= 0.6 is 11.8 Å². The van der Waals surface area contributed by atoms with Gasteiger partial charge in [0.25, 0.3) is 0 Å². The first-order valence-electron chi connectivity index (χ1n) is 6.50. The second-order valence-electron chi connectivity index (χ2n) is 4.74. The van der Waals surface area contributed by atoms with Gasteiger partial charge >= 0.3 is 0 Å². The largest absolute Gasteiger partial charge is 0.304 e. The summed E-state index contributed by atoms with van der Waals surface area (Å²) in [5, 5.41) is 3.61. The Morgan fingerprint density at radius 1 is 1.32 bits per heavy atom. The molecule has 1 unspecified atom stereocenters. The summed E-state index contributed by atoms with van der Waals surface area (Å²) < 4.78 is 0. The van der Waals surface area contributed by atoms with Gasteiger partial charge in [-0.05, 0) is 24.1 Å². The Balaban J connectivity index is 1.71. The van der Waals surface area contributed by atoms with Gasteiger partial charge in [-0.3, -0.25) is 0 Å². The van der Waals surface area contributed by atoms with Crippen LogP contribution in [0.3, 0.4) is 0 Å². The van der Waals surface area contributed by atoms with Crippen molar-refractivity contribution in [3.63, 3.8) is 0 Å². The van der Waals surface area contributed by atoms with Crippen LogP contribution in [-0.4, -0.2) is 15.7 Å². The number of nitrogens with zero attached hydrogens (tertiary/aromatic N) is 2. The van der Waals surface area contributed by atoms with Crippen molar-refractivity contribution in [1.82, 2.24) is 15.3 Å². The maximum absolute atomic E-state index is 4.43. The first kappa shape index (κ1) is 12.6. The van der Waals surface area contributed by atoms with E-state index in [1.165, 1.54) is 11.1 Å². The molecule has 98 valence electrons. The van der Waals surface area contributed by atoms with Gasteiger partial charge < -0.3 is 5.32 Å². The highest BCUT2D eigenvalue weighted by Gasteiger charge is 2.19. The summed E-state index contributed by atoms with van der Waals surface area (Å²) in [5.74, 6) is 3.08. The molecule has 0 spiro atoms. The Hall–Kier alpha value is -1.39. The molecule has 0 saturated carbocycles. The second-order valence-corrected chi connectivity index (χ2v) is 5.77. The number of aryl methyl sites for hydroxylation is 1. The smallest absolute Gasteiger partial charge is 0.125 e. The quantitative estimate of drug-likeness (QED) is 0.931. The third-order valence-electron chi connectivity index (χ3n) is 3.34. The molecule has 0 bridgehead atoms. The Kier molecular flexibility index (Phi) is 3.80. The monoisotopic (exact) mass is 271 g/mol. The first-order valence-corrected chi connectivity index (χ1v) is 7.66. The van der Waals surface area contributed by atoms with E-state index in [0.29, 0.717) is 6.04 Å². The van der Waals surface area contributed by atoms with Crippen LogP contribution in [0.15, 0.2) is 36.5 Å². The standard InChI is InChI=1S/C15H17N3S/c1-11-16-7-6-13(18-11)8-17-15-10-19-9-12-4-2-3-5-14(12)15/h2-7,15,17H,8-10H2,1H3. The number of nitrogens with one attached hydrogen (secondary N) is 1. The summed E-state index contributed by atoms with van der Waals surface area (Å²) in [6.45, 7) is 2.72. The summed E-state index contributed by atoms with van der Waals surface area (Å²) in [6, 6.07) is 11.1. The topological polar surface area (TPSA) is 37.8 Å². The third-order valence-corrected chi connectivity index (χ3v) is 4.42. The van der Waals surface area contributed by atoms with Crippen LogP contribution < -0.4 is 5.32 Å². The molecule has 2 heterocycles. The third kappa shape index (κ3) is 2.96. The molecule has 0 radical (unpaired) electrons. The van der Waals surface area contributed by atoms with E-state index < -0.39 is 0 Å². The van der Waals surface area contributed by atoms with E-state index in [1.807, 2.05) is 30.9 Å². The summed E-state index contributed by atoms with van der Waals surface area (Å²) >= 11 is 1.99. The number of aromatic nitrogens is 2. The Bertz CT molecular complexity index is 571. The van der Waals surface area contributed by atoms with Crippen molar-refractivity contribution in [3.8, 4) is 0 Å². The maximum Gasteiger partial charge on any atom is 0.125 e. The molecule has 1 aliphatic rings. The number of hydrogen-bond acceptors (Lipinski definition) is 4. The Morgan fingerprint density at radius 2 is 2.21 bits per heavy atom. The molecule has 2 aromatic rings. The highest BCUT2D eigenvalue weighted by atomic mass is 32.2. The summed E-state index contributed by atoms with van der Waals surface area (Å²) in [5.41, 5.74) is 3.95. The molecule has 1 aromatic carbocycles. The van der Waals surface area contributed by atoms with Gasteiger partial charge in [0.15, 0.2) is 0 Å². The van der Waals surface area contributed by atoms with Crippen LogP contribution in [0.2, 0.25) is 0 Å². The molecule has 1 aromatic heterocycles. The zero-order chi connectivity index (χ0) is 13.1. The van der Waals surface area contributed by atoms with Crippen molar-refractivity contribution < 1.29 is 0 Å². The lowest BCUT2D eigenvalue weighted by Gasteiger charge is -2.26. The molecule has 0 saturated heterocycles. The summed E-state index contributed by atoms with van der Waals surface area (Å²) in [7, 11) is 0. The van der Waals surface area contributed by atoms with E-state index in [2.05, 4.69) is 39.6 Å². The molecule has 4 heteroatoms. The van der Waals surface area contributed by atoms with Crippen molar-refractivity contribution in [2.75, 3.05) is 5.75 Å². The van der Waals surface area contributed by atoms with Crippen molar-refractivity contribution in [2.24, 2.45) is 0 Å². The van der Waals surface area contributed by atoms with E-state index in [9.17, 15) is 0 Å². The van der Waals surface area contributed by atoms with E-state index >= 15 is 0 Å². The molecule has 1 aliphatic heterocycles. The summed E-state index contributed by atoms with van der Waals surface area (Å²) in [6.07, 6.45) is 1.82. The van der Waals surface area contributed by atoms with Gasteiger partial charge in [0.1, 0.15) is 5.82 Å². The maximum atomic E-state index is 4.43. The molecule has 0 fully saturated rings. The Labute approximate surface area is 117 Å². The SMILES string of the molecule is Cc1nccc(CNC2CSCc3ccccc32)n1. The highest BCUT2D eigenvalue weighted by molar-refractivity contribution is 7.98. The van der Waals surface area contributed by atoms with Gasteiger partial charge in [0.05, 0.1) is 5.69 Å². The lowest BCUT2D eigenvalue weighted by atomic mass is 10.0. The first-order chi connectivity index (χ1) is 9.33. The minimum absolute atomic E-state index is 0.422. The molecular weight excluding hydrogens is 254 g/mol. The highest BCUT2D eigenvalue weighted by Crippen LogP contribution is 2.31. The number of fused-ring (bicyclic) bond motifs is 1. The molecule has 3 nitrogen and oxygen atoms in total. The van der Waals surface area contributed by atoms with Gasteiger partial charge in [-0.1, -0.05) is 24.3 Å². The van der Waals surface area contributed by atoms with Gasteiger partial charge in [-0.25, -0.2) is 9.97 Å². The number of benzene rings is 1. The molecule has 3 rings (SSSR count). The number of rotatable bonds is 3. The molecule has 19 heavy (non-hydrogen) atoms. The average Bonchev–Trinajstić information content (AvgIpc) is 2.45. The van der Waals surface area contributed by atoms with Crippen molar-refractivity contribution in [1.29, 1.82) is 0 Å². The van der Waals surface area contributed by atoms with E-state index in [1.54, 1.807) is 0 Å². The second kappa shape index (κ2) is 5.72. The van der Waals surface area contributed by atoms with E-state index in [-0.39, 0.29) is 0 Å². The lowest BCUT2D eigenvalue weighted by molar-refractivity contribution is 0.566. The van der Waals surface area contributed by atoms with Crippen molar-refractivity contribution >= 4 is 11.8 Å². The molecule has 1 atom stereocenters. The molecule has 0 aliphatic carbocycles. The molecule has 0 amide bonds. The van der Waals surface area contributed by atoms with Crippen molar-refractivity contribution in [3.05, 3.63) is 59.2 Å². The zero-order valence-corrected chi connectivity index (χ0v) is 11.8. The minimum Gasteiger partial charge on any atom is -0.304 e.